The highest BCUT2D eigenvalue weighted by Gasteiger charge is 2.18. The molecular weight excluding hydrogens is 400 g/mol. The first-order valence-corrected chi connectivity index (χ1v) is 9.68. The molecule has 0 spiro atoms. The Balaban J connectivity index is 1.51. The molecule has 3 N–H and O–H groups in total. The van der Waals surface area contributed by atoms with E-state index in [2.05, 4.69) is 20.6 Å². The lowest BCUT2D eigenvalue weighted by atomic mass is 10.2. The minimum Gasteiger partial charge on any atom is -0.453 e. The Labute approximate surface area is 177 Å². The molecule has 160 valence electrons. The standard InChI is InChI=1S/C22H22N4O5/c1-13(21(29)24-16-9-7-15(8-10-16)23-14(2)27)31-20(28)12-11-19-25-18-6-4-3-5-17(18)22(30)26-19/h3-10,13H,11-12H2,1-2H3,(H,23,27)(H,24,29)(H,25,26,30)/t13-/m0/s1. The summed E-state index contributed by atoms with van der Waals surface area (Å²) in [7, 11) is 0. The fourth-order valence-corrected chi connectivity index (χ4v) is 2.87. The van der Waals surface area contributed by atoms with E-state index in [0.717, 1.165) is 0 Å². The van der Waals surface area contributed by atoms with E-state index in [-0.39, 0.29) is 24.3 Å². The van der Waals surface area contributed by atoms with Crippen molar-refractivity contribution in [2.24, 2.45) is 0 Å². The topological polar surface area (TPSA) is 130 Å². The van der Waals surface area contributed by atoms with Crippen molar-refractivity contribution in [3.8, 4) is 0 Å². The maximum atomic E-state index is 12.3. The Hall–Kier alpha value is -4.01. The zero-order chi connectivity index (χ0) is 22.4. The Morgan fingerprint density at radius 1 is 1.03 bits per heavy atom. The molecule has 0 saturated carbocycles. The van der Waals surface area contributed by atoms with E-state index in [1.54, 1.807) is 48.5 Å². The molecule has 0 aliphatic heterocycles. The van der Waals surface area contributed by atoms with Gasteiger partial charge in [-0.3, -0.25) is 19.2 Å². The molecule has 0 aliphatic carbocycles. The van der Waals surface area contributed by atoms with E-state index in [1.807, 2.05) is 0 Å². The molecule has 9 heteroatoms. The molecule has 1 atom stereocenters. The Morgan fingerprint density at radius 2 is 1.68 bits per heavy atom. The van der Waals surface area contributed by atoms with E-state index in [9.17, 15) is 19.2 Å². The van der Waals surface area contributed by atoms with Crippen LogP contribution in [0.15, 0.2) is 53.3 Å². The molecule has 0 radical (unpaired) electrons. The van der Waals surface area contributed by atoms with Gasteiger partial charge in [-0.1, -0.05) is 12.1 Å². The smallest absolute Gasteiger partial charge is 0.307 e. The highest BCUT2D eigenvalue weighted by atomic mass is 16.5. The normalized spacial score (nSPS) is 11.5. The van der Waals surface area contributed by atoms with Crippen LogP contribution in [0.1, 0.15) is 26.1 Å². The number of carbonyl (C=O) groups is 3. The number of hydrogen-bond acceptors (Lipinski definition) is 6. The largest absolute Gasteiger partial charge is 0.453 e. The molecule has 3 rings (SSSR count). The van der Waals surface area contributed by atoms with Crippen LogP contribution in [0.2, 0.25) is 0 Å². The summed E-state index contributed by atoms with van der Waals surface area (Å²) in [5.74, 6) is -0.894. The van der Waals surface area contributed by atoms with Gasteiger partial charge in [0.1, 0.15) is 5.82 Å². The van der Waals surface area contributed by atoms with Crippen LogP contribution >= 0.6 is 0 Å². The molecule has 0 saturated heterocycles. The minimum atomic E-state index is -1.01. The van der Waals surface area contributed by atoms with E-state index < -0.39 is 18.0 Å². The van der Waals surface area contributed by atoms with Crippen LogP contribution in [0, 0.1) is 0 Å². The summed E-state index contributed by atoms with van der Waals surface area (Å²) < 4.78 is 5.17. The number of hydrogen-bond donors (Lipinski definition) is 3. The van der Waals surface area contributed by atoms with Crippen molar-refractivity contribution >= 4 is 40.1 Å². The van der Waals surface area contributed by atoms with Crippen molar-refractivity contribution in [2.75, 3.05) is 10.6 Å². The number of fused-ring (bicyclic) bond motifs is 1. The number of benzene rings is 2. The summed E-state index contributed by atoms with van der Waals surface area (Å²) in [4.78, 5) is 54.5. The number of nitrogens with one attached hydrogen (secondary N) is 3. The van der Waals surface area contributed by atoms with Gasteiger partial charge in [-0.2, -0.15) is 0 Å². The monoisotopic (exact) mass is 422 g/mol. The maximum Gasteiger partial charge on any atom is 0.307 e. The average molecular weight is 422 g/mol. The quantitative estimate of drug-likeness (QED) is 0.501. The molecule has 9 nitrogen and oxygen atoms in total. The van der Waals surface area contributed by atoms with Crippen LogP contribution in [0.5, 0.6) is 0 Å². The number of amides is 2. The summed E-state index contributed by atoms with van der Waals surface area (Å²) in [5.41, 5.74) is 1.38. The van der Waals surface area contributed by atoms with E-state index >= 15 is 0 Å². The number of aryl methyl sites for hydroxylation is 1. The predicted octanol–water partition coefficient (Wildman–Crippen LogP) is 2.38. The first-order chi connectivity index (χ1) is 14.8. The second-order valence-corrected chi connectivity index (χ2v) is 6.91. The SMILES string of the molecule is CC(=O)Nc1ccc(NC(=O)[C@H](C)OC(=O)CCc2nc3ccccc3c(=O)[nH]2)cc1. The second kappa shape index (κ2) is 9.66. The number of nitrogens with zero attached hydrogens (tertiary/aromatic N) is 1. The number of aromatic nitrogens is 2. The summed E-state index contributed by atoms with van der Waals surface area (Å²) in [6.07, 6.45) is -0.867. The third-order valence-corrected chi connectivity index (χ3v) is 4.38. The average Bonchev–Trinajstić information content (AvgIpc) is 2.73. The molecule has 0 bridgehead atoms. The fourth-order valence-electron chi connectivity index (χ4n) is 2.87. The number of esters is 1. The number of carbonyl (C=O) groups excluding carboxylic acids is 3. The number of ether oxygens (including phenoxy) is 1. The molecule has 2 amide bonds. The van der Waals surface area contributed by atoms with Crippen molar-refractivity contribution in [3.05, 3.63) is 64.7 Å². The van der Waals surface area contributed by atoms with Crippen LogP contribution in [0.3, 0.4) is 0 Å². The summed E-state index contributed by atoms with van der Waals surface area (Å²) in [6, 6.07) is 13.5. The maximum absolute atomic E-state index is 12.3. The minimum absolute atomic E-state index is 0.0374. The van der Waals surface area contributed by atoms with E-state index in [1.165, 1.54) is 13.8 Å². The van der Waals surface area contributed by atoms with Gasteiger partial charge in [0.25, 0.3) is 11.5 Å². The molecule has 1 aromatic heterocycles. The lowest BCUT2D eigenvalue weighted by molar-refractivity contribution is -0.153. The Bertz CT molecular complexity index is 1170. The Kier molecular flexibility index (Phi) is 6.76. The number of para-hydroxylation sites is 1. The van der Waals surface area contributed by atoms with Gasteiger partial charge in [-0.15, -0.1) is 0 Å². The Morgan fingerprint density at radius 3 is 2.35 bits per heavy atom. The number of rotatable bonds is 7. The molecule has 0 aliphatic rings. The molecule has 2 aromatic carbocycles. The first kappa shape index (κ1) is 21.7. The fraction of sp³-hybridized carbons (Fsp3) is 0.227. The molecular formula is C22H22N4O5. The van der Waals surface area contributed by atoms with Crippen molar-refractivity contribution < 1.29 is 19.1 Å². The van der Waals surface area contributed by atoms with Crippen molar-refractivity contribution in [1.29, 1.82) is 0 Å². The van der Waals surface area contributed by atoms with Crippen LogP contribution in [0.25, 0.3) is 10.9 Å². The van der Waals surface area contributed by atoms with Gasteiger partial charge in [0.05, 0.1) is 17.3 Å². The van der Waals surface area contributed by atoms with E-state index in [0.29, 0.717) is 28.1 Å². The number of anilines is 2. The number of aromatic amines is 1. The third kappa shape index (κ3) is 5.99. The molecule has 0 fully saturated rings. The van der Waals surface area contributed by atoms with Gasteiger partial charge in [-0.05, 0) is 43.3 Å². The van der Waals surface area contributed by atoms with Gasteiger partial charge in [0.2, 0.25) is 5.91 Å². The van der Waals surface area contributed by atoms with Gasteiger partial charge < -0.3 is 20.4 Å². The van der Waals surface area contributed by atoms with Crippen LogP contribution in [0.4, 0.5) is 11.4 Å². The van der Waals surface area contributed by atoms with E-state index in [4.69, 9.17) is 4.74 Å². The molecule has 0 unspecified atom stereocenters. The first-order valence-electron chi connectivity index (χ1n) is 9.68. The summed E-state index contributed by atoms with van der Waals surface area (Å²) >= 11 is 0. The number of H-pyrrole nitrogens is 1. The van der Waals surface area contributed by atoms with Gasteiger partial charge in [0, 0.05) is 24.7 Å². The lowest BCUT2D eigenvalue weighted by Gasteiger charge is -2.14. The molecule has 1 heterocycles. The highest BCUT2D eigenvalue weighted by Crippen LogP contribution is 2.14. The molecule has 31 heavy (non-hydrogen) atoms. The van der Waals surface area contributed by atoms with Crippen LogP contribution in [-0.2, 0) is 25.5 Å². The summed E-state index contributed by atoms with van der Waals surface area (Å²) in [6.45, 7) is 2.87. The van der Waals surface area contributed by atoms with Gasteiger partial charge in [-0.25, -0.2) is 4.98 Å². The predicted molar refractivity (Wildman–Crippen MR) is 116 cm³/mol. The van der Waals surface area contributed by atoms with Crippen LogP contribution < -0.4 is 16.2 Å². The molecule has 3 aromatic rings. The van der Waals surface area contributed by atoms with Crippen molar-refractivity contribution in [2.45, 2.75) is 32.8 Å². The summed E-state index contributed by atoms with van der Waals surface area (Å²) in [5, 5.41) is 5.74. The zero-order valence-electron chi connectivity index (χ0n) is 17.1. The lowest BCUT2D eigenvalue weighted by Crippen LogP contribution is -2.30. The van der Waals surface area contributed by atoms with Crippen LogP contribution in [-0.4, -0.2) is 33.9 Å². The zero-order valence-corrected chi connectivity index (χ0v) is 17.1. The third-order valence-electron chi connectivity index (χ3n) is 4.38. The highest BCUT2D eigenvalue weighted by molar-refractivity contribution is 5.95. The van der Waals surface area contributed by atoms with Crippen molar-refractivity contribution in [3.63, 3.8) is 0 Å². The van der Waals surface area contributed by atoms with Gasteiger partial charge in [0.15, 0.2) is 6.10 Å². The second-order valence-electron chi connectivity index (χ2n) is 6.91. The van der Waals surface area contributed by atoms with Crippen molar-refractivity contribution in [1.82, 2.24) is 9.97 Å². The van der Waals surface area contributed by atoms with Gasteiger partial charge >= 0.3 is 5.97 Å².